The van der Waals surface area contributed by atoms with E-state index in [4.69, 9.17) is 4.84 Å². The number of rotatable bonds is 6. The Balaban J connectivity index is 1.73. The lowest BCUT2D eigenvalue weighted by Gasteiger charge is -2.11. The number of non-ortho nitro benzene ring substituents is 1. The first-order valence-corrected chi connectivity index (χ1v) is 8.41. The second-order valence-electron chi connectivity index (χ2n) is 6.02. The van der Waals surface area contributed by atoms with Gasteiger partial charge in [0.05, 0.1) is 4.92 Å². The van der Waals surface area contributed by atoms with Crippen LogP contribution in [0.5, 0.6) is 0 Å². The molecule has 0 radical (unpaired) electrons. The number of aromatic nitrogens is 1. The molecule has 1 heterocycles. The van der Waals surface area contributed by atoms with E-state index in [0.29, 0.717) is 11.3 Å². The van der Waals surface area contributed by atoms with Crippen LogP contribution in [-0.4, -0.2) is 15.6 Å². The zero-order valence-electron chi connectivity index (χ0n) is 15.0. The number of hydrogen-bond donors (Lipinski definition) is 1. The lowest BCUT2D eigenvalue weighted by atomic mass is 10.2. The van der Waals surface area contributed by atoms with Crippen LogP contribution >= 0.6 is 0 Å². The van der Waals surface area contributed by atoms with Gasteiger partial charge in [-0.2, -0.15) is 4.73 Å². The number of nitrogens with zero attached hydrogens (tertiary/aromatic N) is 2. The number of carbonyl (C=O) groups excluding carboxylic acids is 1. The van der Waals surface area contributed by atoms with Gasteiger partial charge < -0.3 is 10.2 Å². The van der Waals surface area contributed by atoms with Crippen molar-refractivity contribution in [3.8, 4) is 0 Å². The first-order chi connectivity index (χ1) is 13.5. The summed E-state index contributed by atoms with van der Waals surface area (Å²) in [4.78, 5) is 40.6. The van der Waals surface area contributed by atoms with Crippen molar-refractivity contribution >= 4 is 17.3 Å². The standard InChI is InChI=1S/C20H17N3O5/c1-14-5-2-3-7-18(14)21-19(24)17-6-4-12-22(20(17)25)28-13-15-8-10-16(11-9-15)23(26)27/h2-12H,13H2,1H3,(H,21,24). The predicted molar refractivity (Wildman–Crippen MR) is 103 cm³/mol. The third-order valence-electron chi connectivity index (χ3n) is 4.07. The molecule has 3 rings (SSSR count). The van der Waals surface area contributed by atoms with Gasteiger partial charge in [0.25, 0.3) is 17.2 Å². The van der Waals surface area contributed by atoms with Gasteiger partial charge in [0, 0.05) is 24.0 Å². The molecule has 142 valence electrons. The Bertz CT molecular complexity index is 1070. The first kappa shape index (κ1) is 18.8. The van der Waals surface area contributed by atoms with Crippen molar-refractivity contribution in [2.75, 3.05) is 5.32 Å². The Kier molecular flexibility index (Phi) is 5.50. The number of nitrogens with one attached hydrogen (secondary N) is 1. The zero-order chi connectivity index (χ0) is 20.1. The number of aryl methyl sites for hydroxylation is 1. The van der Waals surface area contributed by atoms with Gasteiger partial charge >= 0.3 is 0 Å². The van der Waals surface area contributed by atoms with Crippen molar-refractivity contribution in [2.24, 2.45) is 0 Å². The number of para-hydroxylation sites is 1. The molecule has 2 aromatic carbocycles. The normalized spacial score (nSPS) is 10.3. The number of benzene rings is 2. The summed E-state index contributed by atoms with van der Waals surface area (Å²) in [6, 6.07) is 16.0. The fourth-order valence-corrected chi connectivity index (χ4v) is 2.51. The Labute approximate surface area is 160 Å². The summed E-state index contributed by atoms with van der Waals surface area (Å²) in [5, 5.41) is 13.4. The van der Waals surface area contributed by atoms with Gasteiger partial charge in [-0.15, -0.1) is 0 Å². The molecule has 0 bridgehead atoms. The second-order valence-corrected chi connectivity index (χ2v) is 6.02. The van der Waals surface area contributed by atoms with Crippen LogP contribution in [0.3, 0.4) is 0 Å². The molecule has 0 fully saturated rings. The highest BCUT2D eigenvalue weighted by molar-refractivity contribution is 6.04. The Hall–Kier alpha value is -3.94. The van der Waals surface area contributed by atoms with Crippen LogP contribution in [0.4, 0.5) is 11.4 Å². The molecule has 0 aliphatic rings. The van der Waals surface area contributed by atoms with E-state index in [1.165, 1.54) is 42.6 Å². The summed E-state index contributed by atoms with van der Waals surface area (Å²) in [5.74, 6) is -0.535. The molecule has 0 unspecified atom stereocenters. The van der Waals surface area contributed by atoms with Gasteiger partial charge in [-0.1, -0.05) is 18.2 Å². The molecule has 3 aromatic rings. The number of nitro groups is 1. The lowest BCUT2D eigenvalue weighted by molar-refractivity contribution is -0.384. The summed E-state index contributed by atoms with van der Waals surface area (Å²) < 4.78 is 0.966. The second kappa shape index (κ2) is 8.17. The topological polar surface area (TPSA) is 103 Å². The fraction of sp³-hybridized carbons (Fsp3) is 0.100. The maximum Gasteiger partial charge on any atom is 0.295 e. The Morgan fingerprint density at radius 1 is 1.11 bits per heavy atom. The molecular weight excluding hydrogens is 362 g/mol. The highest BCUT2D eigenvalue weighted by Crippen LogP contribution is 2.14. The molecule has 0 saturated heterocycles. The van der Waals surface area contributed by atoms with Crippen LogP contribution in [0.15, 0.2) is 71.7 Å². The van der Waals surface area contributed by atoms with Crippen molar-refractivity contribution in [3.05, 3.63) is 104 Å². The monoisotopic (exact) mass is 379 g/mol. The molecule has 8 heteroatoms. The third-order valence-corrected chi connectivity index (χ3v) is 4.07. The van der Waals surface area contributed by atoms with E-state index in [2.05, 4.69) is 5.32 Å². The van der Waals surface area contributed by atoms with Crippen LogP contribution < -0.4 is 15.7 Å². The molecule has 0 spiro atoms. The van der Waals surface area contributed by atoms with Gasteiger partial charge in [-0.05, 0) is 48.4 Å². The smallest absolute Gasteiger partial charge is 0.295 e. The summed E-state index contributed by atoms with van der Waals surface area (Å²) in [7, 11) is 0. The van der Waals surface area contributed by atoms with E-state index in [9.17, 15) is 19.7 Å². The van der Waals surface area contributed by atoms with Crippen molar-refractivity contribution < 1.29 is 14.6 Å². The number of nitro benzene ring substituents is 1. The van der Waals surface area contributed by atoms with Gasteiger partial charge in [0.1, 0.15) is 12.2 Å². The SMILES string of the molecule is Cc1ccccc1NC(=O)c1cccn(OCc2ccc([N+](=O)[O-])cc2)c1=O. The van der Waals surface area contributed by atoms with E-state index >= 15 is 0 Å². The maximum atomic E-state index is 12.5. The summed E-state index contributed by atoms with van der Waals surface area (Å²) in [6.07, 6.45) is 1.40. The summed E-state index contributed by atoms with van der Waals surface area (Å²) >= 11 is 0. The van der Waals surface area contributed by atoms with Gasteiger partial charge in [0.2, 0.25) is 0 Å². The van der Waals surface area contributed by atoms with E-state index in [1.807, 2.05) is 19.1 Å². The van der Waals surface area contributed by atoms with Crippen LogP contribution in [0.1, 0.15) is 21.5 Å². The van der Waals surface area contributed by atoms with E-state index in [-0.39, 0.29) is 17.9 Å². The first-order valence-electron chi connectivity index (χ1n) is 8.41. The van der Waals surface area contributed by atoms with E-state index in [1.54, 1.807) is 12.1 Å². The number of amides is 1. The molecular formula is C20H17N3O5. The largest absolute Gasteiger partial charge is 0.406 e. The van der Waals surface area contributed by atoms with Gasteiger partial charge in [0.15, 0.2) is 0 Å². The van der Waals surface area contributed by atoms with Gasteiger partial charge in [-0.25, -0.2) is 0 Å². The maximum absolute atomic E-state index is 12.5. The van der Waals surface area contributed by atoms with Crippen molar-refractivity contribution in [1.82, 2.24) is 4.73 Å². The minimum atomic E-state index is -0.601. The van der Waals surface area contributed by atoms with E-state index in [0.717, 1.165) is 10.3 Å². The number of anilines is 1. The number of hydrogen-bond acceptors (Lipinski definition) is 5. The third kappa shape index (κ3) is 4.24. The molecule has 1 N–H and O–H groups in total. The Morgan fingerprint density at radius 2 is 1.82 bits per heavy atom. The summed E-state index contributed by atoms with van der Waals surface area (Å²) in [6.45, 7) is 1.87. The number of carbonyl (C=O) groups is 1. The van der Waals surface area contributed by atoms with Crippen LogP contribution in [0, 0.1) is 17.0 Å². The minimum Gasteiger partial charge on any atom is -0.406 e. The highest BCUT2D eigenvalue weighted by Gasteiger charge is 2.14. The lowest BCUT2D eigenvalue weighted by Crippen LogP contribution is -2.32. The predicted octanol–water partition coefficient (Wildman–Crippen LogP) is 2.95. The van der Waals surface area contributed by atoms with E-state index < -0.39 is 16.4 Å². The fourth-order valence-electron chi connectivity index (χ4n) is 2.51. The Morgan fingerprint density at radius 3 is 2.50 bits per heavy atom. The molecule has 0 atom stereocenters. The highest BCUT2D eigenvalue weighted by atomic mass is 16.7. The molecule has 1 aromatic heterocycles. The van der Waals surface area contributed by atoms with Crippen LogP contribution in [0.25, 0.3) is 0 Å². The minimum absolute atomic E-state index is 0.0146. The van der Waals surface area contributed by atoms with Crippen LogP contribution in [-0.2, 0) is 6.61 Å². The number of pyridine rings is 1. The average Bonchev–Trinajstić information content (AvgIpc) is 2.69. The molecule has 0 saturated carbocycles. The van der Waals surface area contributed by atoms with Crippen molar-refractivity contribution in [1.29, 1.82) is 0 Å². The zero-order valence-corrected chi connectivity index (χ0v) is 15.0. The van der Waals surface area contributed by atoms with Crippen molar-refractivity contribution in [2.45, 2.75) is 13.5 Å². The van der Waals surface area contributed by atoms with Crippen molar-refractivity contribution in [3.63, 3.8) is 0 Å². The summed E-state index contributed by atoms with van der Waals surface area (Å²) in [5.41, 5.74) is 1.45. The quantitative estimate of drug-likeness (QED) is 0.524. The van der Waals surface area contributed by atoms with Crippen LogP contribution in [0.2, 0.25) is 0 Å². The van der Waals surface area contributed by atoms with Gasteiger partial charge in [-0.3, -0.25) is 19.7 Å². The molecule has 1 amide bonds. The molecule has 8 nitrogen and oxygen atoms in total. The molecule has 0 aliphatic carbocycles. The molecule has 0 aliphatic heterocycles. The average molecular weight is 379 g/mol. The molecule has 28 heavy (non-hydrogen) atoms.